The van der Waals surface area contributed by atoms with Crippen molar-refractivity contribution >= 4 is 90.1 Å². The number of hydrogen-bond donors (Lipinski definition) is 0. The van der Waals surface area contributed by atoms with Gasteiger partial charge in [0.05, 0.1) is 35.8 Å². The normalized spacial score (nSPS) is 8.29. The van der Waals surface area contributed by atoms with Crippen LogP contribution in [0.15, 0.2) is 33.4 Å². The van der Waals surface area contributed by atoms with Gasteiger partial charge in [0.25, 0.3) is 0 Å². The monoisotopic (exact) mass is 778 g/mol. The molecule has 0 rings (SSSR count). The van der Waals surface area contributed by atoms with Crippen LogP contribution in [0, 0.1) is 0 Å². The van der Waals surface area contributed by atoms with E-state index in [0.29, 0.717) is 0 Å². The zero-order valence-electron chi connectivity index (χ0n) is 26.5. The van der Waals surface area contributed by atoms with Gasteiger partial charge in [-0.15, -0.1) is 0 Å². The van der Waals surface area contributed by atoms with E-state index >= 15 is 0 Å². The van der Waals surface area contributed by atoms with Gasteiger partial charge in [0.2, 0.25) is 0 Å². The summed E-state index contributed by atoms with van der Waals surface area (Å²) in [7, 11) is 0. The first-order chi connectivity index (χ1) is 21.4. The maximum Gasteiger partial charge on any atom is 3.00 e. The molecule has 0 fully saturated rings. The van der Waals surface area contributed by atoms with Crippen molar-refractivity contribution in [3.63, 3.8) is 0 Å². The molecule has 0 aliphatic heterocycles. The van der Waals surface area contributed by atoms with Crippen LogP contribution < -0.4 is 30.6 Å². The van der Waals surface area contributed by atoms with E-state index in [4.69, 9.17) is 38.4 Å². The molecule has 0 aromatic carbocycles. The Bertz CT molecular complexity index is 775. The van der Waals surface area contributed by atoms with Crippen molar-refractivity contribution in [2.75, 3.05) is 0 Å². The topological polar surface area (TPSA) is 377 Å². The van der Waals surface area contributed by atoms with Gasteiger partial charge in [-0.05, 0) is 75.0 Å². The summed E-state index contributed by atoms with van der Waals surface area (Å²) < 4.78 is 0. The first kappa shape index (κ1) is 84.1. The van der Waals surface area contributed by atoms with E-state index < -0.39 is 35.8 Å². The standard InChI is InChI=1S/3C6H8O4.8CH2O.2Fe/c3*1-3(5(7)8)4(2)6(9)10;8*1-2;;/h3*1-2H3,(H,7,8)(H,9,10);8*1H2;;/q;;;;;;;;;;;2*+3/p-6/b3*4-3+;;;;;;;;;;. The number of rotatable bonds is 6. The first-order valence-electron chi connectivity index (χ1n) is 10.0. The minimum atomic E-state index is -1.48. The van der Waals surface area contributed by atoms with E-state index in [9.17, 15) is 59.4 Å². The smallest absolute Gasteiger partial charge is 0.545 e. The Balaban J connectivity index is -0.0000000281. The van der Waals surface area contributed by atoms with Crippen LogP contribution in [0.25, 0.3) is 0 Å². The summed E-state index contributed by atoms with van der Waals surface area (Å²) in [4.78, 5) is 124. The molecule has 0 amide bonds. The molecule has 0 aliphatic carbocycles. The van der Waals surface area contributed by atoms with E-state index in [-0.39, 0.29) is 67.6 Å². The van der Waals surface area contributed by atoms with Crippen molar-refractivity contribution in [1.29, 1.82) is 0 Å². The number of carboxylic acid groups (broad SMARTS) is 6. The molecule has 274 valence electrons. The number of carbonyl (C=O) groups is 14. The van der Waals surface area contributed by atoms with E-state index in [0.717, 1.165) is 41.5 Å². The average Bonchev–Trinajstić information content (AvgIpc) is 3.10. The number of carboxylic acids is 6. The fraction of sp³-hybridized carbons (Fsp3) is 0.231. The van der Waals surface area contributed by atoms with Crippen LogP contribution in [0.3, 0.4) is 0 Å². The van der Waals surface area contributed by atoms with Crippen LogP contribution in [-0.2, 0) is 101 Å². The Kier molecular flexibility index (Phi) is 128. The van der Waals surface area contributed by atoms with Gasteiger partial charge in [-0.3, -0.25) is 0 Å². The molecule has 0 N–H and O–H groups in total. The molecule has 0 heterocycles. The molecule has 20 nitrogen and oxygen atoms in total. The van der Waals surface area contributed by atoms with Crippen molar-refractivity contribution in [2.24, 2.45) is 0 Å². The predicted octanol–water partition coefficient (Wildman–Crippen LogP) is -8.02. The molecule has 0 aliphatic rings. The van der Waals surface area contributed by atoms with Crippen LogP contribution in [0.5, 0.6) is 0 Å². The summed E-state index contributed by atoms with van der Waals surface area (Å²) in [6, 6.07) is 0. The maximum absolute atomic E-state index is 9.99. The number of carbonyl (C=O) groups excluding carboxylic acids is 14. The van der Waals surface area contributed by atoms with Crippen LogP contribution >= 0.6 is 0 Å². The minimum absolute atomic E-state index is 0. The van der Waals surface area contributed by atoms with E-state index in [1.807, 2.05) is 54.3 Å². The van der Waals surface area contributed by atoms with Crippen molar-refractivity contribution < 1.29 is 132 Å². The molecule has 0 unspecified atom stereocenters. The fourth-order valence-corrected chi connectivity index (χ4v) is 0.919. The van der Waals surface area contributed by atoms with Crippen LogP contribution in [-0.4, -0.2) is 90.1 Å². The first-order valence-corrected chi connectivity index (χ1v) is 10.0. The summed E-state index contributed by atoms with van der Waals surface area (Å²) in [6.07, 6.45) is 0. The van der Waals surface area contributed by atoms with Crippen LogP contribution in [0.2, 0.25) is 0 Å². The molecular formula is C26H34Fe2O20. The molecule has 0 atom stereocenters. The van der Waals surface area contributed by atoms with Gasteiger partial charge in [-0.25, -0.2) is 0 Å². The zero-order chi connectivity index (χ0) is 40.9. The predicted molar refractivity (Wildman–Crippen MR) is 142 cm³/mol. The molecule has 0 spiro atoms. The molecule has 0 saturated carbocycles. The van der Waals surface area contributed by atoms with Gasteiger partial charge in [0.1, 0.15) is 54.3 Å². The second kappa shape index (κ2) is 73.1. The third kappa shape index (κ3) is 67.9. The van der Waals surface area contributed by atoms with E-state index in [1.54, 1.807) is 0 Å². The van der Waals surface area contributed by atoms with Gasteiger partial charge in [-0.2, -0.15) is 0 Å². The molecule has 2 radical (unpaired) electrons. The second-order valence-electron chi connectivity index (χ2n) is 5.47. The molecule has 0 aromatic rings. The fourth-order valence-electron chi connectivity index (χ4n) is 0.919. The quantitative estimate of drug-likeness (QED) is 0.178. The SMILES string of the molecule is C/C(C(=O)[O-])=C(/C)C(=O)[O-].C/C(C(=O)[O-])=C(/C)C(=O)[O-].C/C(C(=O)[O-])=C(/C)C(=O)[O-].C=O.C=O.C=O.C=O.C=O.C=O.C=O.C=O.[Fe+3].[Fe+3]. The molecule has 0 aromatic heterocycles. The molecule has 22 heteroatoms. The summed E-state index contributed by atoms with van der Waals surface area (Å²) in [5, 5.41) is 59.9. The summed E-state index contributed by atoms with van der Waals surface area (Å²) in [6.45, 7) is 22.9. The number of hydrogen-bond acceptors (Lipinski definition) is 20. The molecule has 0 saturated heterocycles. The minimum Gasteiger partial charge on any atom is -0.545 e. The van der Waals surface area contributed by atoms with Crippen LogP contribution in [0.1, 0.15) is 41.5 Å². The van der Waals surface area contributed by atoms with Crippen molar-refractivity contribution in [1.82, 2.24) is 0 Å². The Morgan fingerprint density at radius 2 is 0.292 bits per heavy atom. The van der Waals surface area contributed by atoms with Gasteiger partial charge >= 0.3 is 34.1 Å². The third-order valence-electron chi connectivity index (χ3n) is 3.52. The Morgan fingerprint density at radius 3 is 0.312 bits per heavy atom. The van der Waals surface area contributed by atoms with Gasteiger partial charge in [0.15, 0.2) is 0 Å². The van der Waals surface area contributed by atoms with Gasteiger partial charge in [-0.1, -0.05) is 0 Å². The molecule has 0 bridgehead atoms. The Hall–Kier alpha value is -5.56. The van der Waals surface area contributed by atoms with Crippen molar-refractivity contribution in [2.45, 2.75) is 41.5 Å². The number of aliphatic carboxylic acids is 6. The summed E-state index contributed by atoms with van der Waals surface area (Å²) in [5.41, 5.74) is -1.83. The van der Waals surface area contributed by atoms with E-state index in [1.165, 1.54) is 0 Å². The third-order valence-corrected chi connectivity index (χ3v) is 3.52. The van der Waals surface area contributed by atoms with Gasteiger partial charge in [0, 0.05) is 0 Å². The second-order valence-corrected chi connectivity index (χ2v) is 5.47. The Labute approximate surface area is 296 Å². The maximum atomic E-state index is 9.99. The summed E-state index contributed by atoms with van der Waals surface area (Å²) >= 11 is 0. The Morgan fingerprint density at radius 1 is 0.250 bits per heavy atom. The molecule has 48 heavy (non-hydrogen) atoms. The molecular weight excluding hydrogens is 744 g/mol. The summed E-state index contributed by atoms with van der Waals surface area (Å²) in [5.74, 6) is -8.91. The van der Waals surface area contributed by atoms with Crippen LogP contribution in [0.4, 0.5) is 0 Å². The van der Waals surface area contributed by atoms with Gasteiger partial charge < -0.3 is 97.8 Å². The van der Waals surface area contributed by atoms with Crippen molar-refractivity contribution in [3.8, 4) is 0 Å². The van der Waals surface area contributed by atoms with Crippen molar-refractivity contribution in [3.05, 3.63) is 33.4 Å². The zero-order valence-corrected chi connectivity index (χ0v) is 28.7. The largest absolute Gasteiger partial charge is 3.00 e. The average molecular weight is 778 g/mol. The van der Waals surface area contributed by atoms with E-state index in [2.05, 4.69) is 0 Å².